The molecule has 8 heteroatoms. The fraction of sp³-hybridized carbons (Fsp3) is 0.250. The molecule has 1 unspecified atom stereocenters. The van der Waals surface area contributed by atoms with Gasteiger partial charge < -0.3 is 14.8 Å². The number of aryl methyl sites for hydroxylation is 1. The van der Waals surface area contributed by atoms with Crippen LogP contribution in [0.2, 0.25) is 0 Å². The Bertz CT molecular complexity index is 1210. The van der Waals surface area contributed by atoms with Crippen molar-refractivity contribution < 1.29 is 19.1 Å². The molecule has 0 saturated heterocycles. The zero-order valence-electron chi connectivity index (χ0n) is 20.7. The van der Waals surface area contributed by atoms with Gasteiger partial charge in [0, 0.05) is 5.56 Å². The lowest BCUT2D eigenvalue weighted by Gasteiger charge is -2.20. The maximum atomic E-state index is 12.8. The summed E-state index contributed by atoms with van der Waals surface area (Å²) in [5.74, 6) is 0.374. The molecule has 0 heterocycles. The third kappa shape index (κ3) is 7.55. The third-order valence-electron chi connectivity index (χ3n) is 5.42. The number of amides is 2. The van der Waals surface area contributed by atoms with Crippen molar-refractivity contribution in [1.82, 2.24) is 10.7 Å². The zero-order chi connectivity index (χ0) is 26.1. The molecule has 0 radical (unpaired) electrons. The van der Waals surface area contributed by atoms with E-state index in [-0.39, 0.29) is 11.8 Å². The third-order valence-corrected chi connectivity index (χ3v) is 6.22. The summed E-state index contributed by atoms with van der Waals surface area (Å²) in [5, 5.41) is 6.90. The minimum absolute atomic E-state index is 0.128. The summed E-state index contributed by atoms with van der Waals surface area (Å²) in [6, 6.07) is 20.0. The SMILES string of the molecule is COc1cc(/C=N/NC(=O)C(NC(=O)c2ccc(C)cc2)C(C)C)cc(I)c1OCc1ccccc1. The molecule has 3 aromatic rings. The van der Waals surface area contributed by atoms with Crippen molar-refractivity contribution in [3.8, 4) is 11.5 Å². The molecule has 0 saturated carbocycles. The van der Waals surface area contributed by atoms with Gasteiger partial charge in [-0.1, -0.05) is 61.9 Å². The highest BCUT2D eigenvalue weighted by molar-refractivity contribution is 14.1. The molecule has 188 valence electrons. The fourth-order valence-corrected chi connectivity index (χ4v) is 4.17. The second-order valence-corrected chi connectivity index (χ2v) is 9.77. The molecule has 2 N–H and O–H groups in total. The number of benzene rings is 3. The lowest BCUT2D eigenvalue weighted by molar-refractivity contribution is -0.123. The summed E-state index contributed by atoms with van der Waals surface area (Å²) in [7, 11) is 1.58. The van der Waals surface area contributed by atoms with Crippen molar-refractivity contribution >= 4 is 40.6 Å². The number of hydrazone groups is 1. The van der Waals surface area contributed by atoms with E-state index in [1.807, 2.05) is 69.3 Å². The molecule has 7 nitrogen and oxygen atoms in total. The normalized spacial score (nSPS) is 11.8. The Hall–Kier alpha value is -3.40. The standard InChI is InChI=1S/C28H30IN3O4/c1-18(2)25(31-27(33)22-12-10-19(3)11-13-22)28(34)32-30-16-21-14-23(29)26(24(15-21)35-4)36-17-20-8-6-5-7-9-20/h5-16,18,25H,17H2,1-4H3,(H,31,33)(H,32,34)/b30-16+. The lowest BCUT2D eigenvalue weighted by Crippen LogP contribution is -2.48. The highest BCUT2D eigenvalue weighted by Gasteiger charge is 2.24. The van der Waals surface area contributed by atoms with E-state index < -0.39 is 11.9 Å². The number of hydrogen-bond donors (Lipinski definition) is 2. The first-order valence-electron chi connectivity index (χ1n) is 11.5. The van der Waals surface area contributed by atoms with E-state index in [4.69, 9.17) is 9.47 Å². The summed E-state index contributed by atoms with van der Waals surface area (Å²) in [6.45, 7) is 6.10. The van der Waals surface area contributed by atoms with E-state index in [1.54, 1.807) is 25.3 Å². The Morgan fingerprint density at radius 1 is 1.06 bits per heavy atom. The minimum Gasteiger partial charge on any atom is -0.493 e. The molecule has 0 fully saturated rings. The quantitative estimate of drug-likeness (QED) is 0.193. The van der Waals surface area contributed by atoms with Gasteiger partial charge in [0.1, 0.15) is 12.6 Å². The number of carbonyl (C=O) groups excluding carboxylic acids is 2. The van der Waals surface area contributed by atoms with Gasteiger partial charge in [0.05, 0.1) is 16.9 Å². The molecule has 0 aliphatic carbocycles. The van der Waals surface area contributed by atoms with Crippen LogP contribution in [0.1, 0.15) is 40.9 Å². The van der Waals surface area contributed by atoms with Crippen LogP contribution in [0.3, 0.4) is 0 Å². The molecular formula is C28H30IN3O4. The predicted molar refractivity (Wildman–Crippen MR) is 149 cm³/mol. The number of ether oxygens (including phenoxy) is 2. The second kappa shape index (κ2) is 13.1. The van der Waals surface area contributed by atoms with Gasteiger partial charge in [0.25, 0.3) is 11.8 Å². The summed E-state index contributed by atoms with van der Waals surface area (Å²) in [5.41, 5.74) is 5.88. The predicted octanol–water partition coefficient (Wildman–Crippen LogP) is 5.09. The smallest absolute Gasteiger partial charge is 0.262 e. The van der Waals surface area contributed by atoms with Crippen molar-refractivity contribution in [2.45, 2.75) is 33.4 Å². The van der Waals surface area contributed by atoms with Crippen molar-refractivity contribution in [2.75, 3.05) is 7.11 Å². The number of methoxy groups -OCH3 is 1. The molecule has 3 aromatic carbocycles. The summed E-state index contributed by atoms with van der Waals surface area (Å²) in [4.78, 5) is 25.4. The van der Waals surface area contributed by atoms with Crippen molar-refractivity contribution in [1.29, 1.82) is 0 Å². The highest BCUT2D eigenvalue weighted by atomic mass is 127. The van der Waals surface area contributed by atoms with Crippen LogP contribution in [0.25, 0.3) is 0 Å². The Labute approximate surface area is 225 Å². The van der Waals surface area contributed by atoms with E-state index in [0.717, 1.165) is 20.3 Å². The van der Waals surface area contributed by atoms with E-state index in [1.165, 1.54) is 6.21 Å². The van der Waals surface area contributed by atoms with Crippen LogP contribution >= 0.6 is 22.6 Å². The van der Waals surface area contributed by atoms with E-state index in [0.29, 0.717) is 23.7 Å². The molecule has 36 heavy (non-hydrogen) atoms. The van der Waals surface area contributed by atoms with Crippen LogP contribution in [0.15, 0.2) is 71.8 Å². The number of carbonyl (C=O) groups is 2. The molecule has 1 atom stereocenters. The minimum atomic E-state index is -0.737. The number of hydrogen-bond acceptors (Lipinski definition) is 5. The number of nitrogens with one attached hydrogen (secondary N) is 2. The van der Waals surface area contributed by atoms with Gasteiger partial charge in [-0.3, -0.25) is 9.59 Å². The fourth-order valence-electron chi connectivity index (χ4n) is 3.39. The van der Waals surface area contributed by atoms with Crippen LogP contribution in [0, 0.1) is 16.4 Å². The molecule has 0 spiro atoms. The van der Waals surface area contributed by atoms with E-state index >= 15 is 0 Å². The van der Waals surface area contributed by atoms with Gasteiger partial charge in [0.2, 0.25) is 0 Å². The van der Waals surface area contributed by atoms with Gasteiger partial charge in [0.15, 0.2) is 11.5 Å². The van der Waals surface area contributed by atoms with Crippen LogP contribution in [0.4, 0.5) is 0 Å². The topological polar surface area (TPSA) is 89.0 Å². The maximum Gasteiger partial charge on any atom is 0.262 e. The second-order valence-electron chi connectivity index (χ2n) is 8.60. The number of halogens is 1. The average Bonchev–Trinajstić information content (AvgIpc) is 2.87. The summed E-state index contributed by atoms with van der Waals surface area (Å²) in [6.07, 6.45) is 1.53. The largest absolute Gasteiger partial charge is 0.493 e. The molecular weight excluding hydrogens is 569 g/mol. The van der Waals surface area contributed by atoms with Gasteiger partial charge in [-0.25, -0.2) is 5.43 Å². The van der Waals surface area contributed by atoms with Gasteiger partial charge in [-0.2, -0.15) is 5.10 Å². The lowest BCUT2D eigenvalue weighted by atomic mass is 10.0. The molecule has 0 aliphatic rings. The Balaban J connectivity index is 1.65. The molecule has 0 aromatic heterocycles. The molecule has 0 aliphatic heterocycles. The van der Waals surface area contributed by atoms with Gasteiger partial charge in [-0.05, 0) is 70.8 Å². The van der Waals surface area contributed by atoms with Gasteiger partial charge >= 0.3 is 0 Å². The van der Waals surface area contributed by atoms with Crippen molar-refractivity contribution in [2.24, 2.45) is 11.0 Å². The molecule has 3 rings (SSSR count). The van der Waals surface area contributed by atoms with Crippen LogP contribution in [0.5, 0.6) is 11.5 Å². The zero-order valence-corrected chi connectivity index (χ0v) is 22.9. The monoisotopic (exact) mass is 599 g/mol. The number of nitrogens with zero attached hydrogens (tertiary/aromatic N) is 1. The van der Waals surface area contributed by atoms with Crippen LogP contribution in [-0.4, -0.2) is 31.2 Å². The van der Waals surface area contributed by atoms with Crippen molar-refractivity contribution in [3.05, 3.63) is 92.6 Å². The summed E-state index contributed by atoms with van der Waals surface area (Å²) >= 11 is 2.18. The first kappa shape index (κ1) is 27.2. The highest BCUT2D eigenvalue weighted by Crippen LogP contribution is 2.34. The first-order valence-corrected chi connectivity index (χ1v) is 12.6. The Morgan fingerprint density at radius 3 is 2.39 bits per heavy atom. The van der Waals surface area contributed by atoms with Crippen LogP contribution in [-0.2, 0) is 11.4 Å². The Morgan fingerprint density at radius 2 is 1.75 bits per heavy atom. The summed E-state index contributed by atoms with van der Waals surface area (Å²) < 4.78 is 12.4. The molecule has 0 bridgehead atoms. The number of rotatable bonds is 10. The van der Waals surface area contributed by atoms with Gasteiger partial charge in [-0.15, -0.1) is 0 Å². The average molecular weight is 599 g/mol. The first-order chi connectivity index (χ1) is 17.3. The maximum absolute atomic E-state index is 12.8. The van der Waals surface area contributed by atoms with Crippen molar-refractivity contribution in [3.63, 3.8) is 0 Å². The van der Waals surface area contributed by atoms with E-state index in [2.05, 4.69) is 38.4 Å². The Kier molecular flexibility index (Phi) is 9.86. The van der Waals surface area contributed by atoms with Crippen LogP contribution < -0.4 is 20.2 Å². The molecule has 2 amide bonds. The van der Waals surface area contributed by atoms with E-state index in [9.17, 15) is 9.59 Å².